The van der Waals surface area contributed by atoms with E-state index in [4.69, 9.17) is 5.22 Å². The third kappa shape index (κ3) is 3.01. The molecule has 0 aromatic heterocycles. The van der Waals surface area contributed by atoms with Gasteiger partial charge in [-0.1, -0.05) is 128 Å². The molecule has 0 saturated carbocycles. The first-order valence-corrected chi connectivity index (χ1v) is 18.4. The van der Waals surface area contributed by atoms with Crippen molar-refractivity contribution in [1.29, 1.82) is 0 Å². The molecule has 2 atom stereocenters. The quantitative estimate of drug-likeness (QED) is 0.171. The molecule has 1 aliphatic heterocycles. The third-order valence-electron chi connectivity index (χ3n) is 12.7. The summed E-state index contributed by atoms with van der Waals surface area (Å²) in [6.07, 6.45) is 7.99. The number of nitrogens with zero attached hydrogens (tertiary/aromatic N) is 3. The fraction of sp³-hybridized carbons (Fsp3) is 0.378. The molecule has 1 heterocycles. The highest BCUT2D eigenvalue weighted by Gasteiger charge is 2.82. The predicted molar refractivity (Wildman–Crippen MR) is 196 cm³/mol. The monoisotopic (exact) mass is 628 g/mol. The molecule has 0 saturated heterocycles. The summed E-state index contributed by atoms with van der Waals surface area (Å²) in [6, 6.07) is 23.9. The predicted octanol–water partition coefficient (Wildman–Crippen LogP) is 11.4. The molecule has 5 aliphatic carbocycles. The maximum Gasteiger partial charge on any atom is 0.234 e. The van der Waals surface area contributed by atoms with Crippen LogP contribution in [0.25, 0.3) is 11.1 Å². The second-order valence-electron chi connectivity index (χ2n) is 16.5. The summed E-state index contributed by atoms with van der Waals surface area (Å²) >= 11 is 0. The van der Waals surface area contributed by atoms with Gasteiger partial charge in [-0.05, 0) is 87.5 Å². The number of para-hydroxylation sites is 2. The summed E-state index contributed by atoms with van der Waals surface area (Å²) in [5.74, 6) is 1.44. The topological polar surface area (TPSA) is 18.6 Å². The van der Waals surface area contributed by atoms with Crippen LogP contribution in [0.2, 0.25) is 0 Å². The van der Waals surface area contributed by atoms with E-state index in [9.17, 15) is 0 Å². The Kier molecular flexibility index (Phi) is 5.54. The molecule has 0 fully saturated rings. The van der Waals surface area contributed by atoms with Gasteiger partial charge >= 0.3 is 0 Å². The Hall–Kier alpha value is -4.24. The maximum absolute atomic E-state index is 6.17. The highest BCUT2D eigenvalue weighted by atomic mass is 15.7. The smallest absolute Gasteiger partial charge is 0.113 e. The Bertz CT molecular complexity index is 2190. The zero-order chi connectivity index (χ0) is 33.0. The molecular weight excluding hydrogens is 583 g/mol. The second-order valence-corrected chi connectivity index (χ2v) is 16.5. The van der Waals surface area contributed by atoms with Crippen LogP contribution in [0.5, 0.6) is 0 Å². The lowest BCUT2D eigenvalue weighted by Gasteiger charge is -2.47. The number of hydrogen-bond donors (Lipinski definition) is 0. The Morgan fingerprint density at radius 3 is 1.62 bits per heavy atom. The Balaban J connectivity index is 1.46. The van der Waals surface area contributed by atoms with Gasteiger partial charge in [0.25, 0.3) is 0 Å². The SMILES string of the molecule is CC(C)c1cccc(C(C)C)c1N1N=[N+](c2c(C(C)C)cccc2C(C)C)[C@@]23C4=CC=C5Cc6ccc7c(c6[C@]512)-c1c(ccc(c13)C4)C7. The third-order valence-corrected chi connectivity index (χ3v) is 12.7. The van der Waals surface area contributed by atoms with E-state index < -0.39 is 11.1 Å². The summed E-state index contributed by atoms with van der Waals surface area (Å²) in [4.78, 5) is 0. The molecule has 0 radical (unpaired) electrons. The largest absolute Gasteiger partial charge is 0.234 e. The van der Waals surface area contributed by atoms with Gasteiger partial charge in [0.05, 0.1) is 5.22 Å². The van der Waals surface area contributed by atoms with Crippen LogP contribution in [-0.2, 0) is 30.3 Å². The lowest BCUT2D eigenvalue weighted by atomic mass is 9.57. The molecule has 6 aliphatic rings. The summed E-state index contributed by atoms with van der Waals surface area (Å²) in [5, 5.41) is 8.79. The molecule has 0 unspecified atom stereocenters. The Labute approximate surface area is 285 Å². The van der Waals surface area contributed by atoms with Crippen LogP contribution in [0.1, 0.15) is 135 Å². The molecule has 3 heteroatoms. The van der Waals surface area contributed by atoms with Crippen molar-refractivity contribution in [2.45, 2.75) is 109 Å². The summed E-state index contributed by atoms with van der Waals surface area (Å²) in [7, 11) is 0. The molecule has 4 aromatic carbocycles. The van der Waals surface area contributed by atoms with E-state index in [1.54, 1.807) is 0 Å². The molecule has 240 valence electrons. The van der Waals surface area contributed by atoms with Gasteiger partial charge in [-0.25, -0.2) is 0 Å². The first kappa shape index (κ1) is 28.7. The first-order valence-electron chi connectivity index (χ1n) is 18.4. The zero-order valence-electron chi connectivity index (χ0n) is 29.7. The lowest BCUT2D eigenvalue weighted by Crippen LogP contribution is -2.60. The van der Waals surface area contributed by atoms with Crippen molar-refractivity contribution in [1.82, 2.24) is 0 Å². The highest BCUT2D eigenvalue weighted by Crippen LogP contribution is 2.76. The van der Waals surface area contributed by atoms with E-state index in [1.165, 1.54) is 89.3 Å². The average molecular weight is 629 g/mol. The highest BCUT2D eigenvalue weighted by molar-refractivity contribution is 5.95. The molecule has 2 spiro atoms. The minimum atomic E-state index is -0.466. The van der Waals surface area contributed by atoms with Crippen LogP contribution in [-0.4, -0.2) is 4.70 Å². The maximum atomic E-state index is 6.17. The van der Waals surface area contributed by atoms with Crippen molar-refractivity contribution >= 4 is 11.4 Å². The number of hydrogen-bond acceptors (Lipinski definition) is 2. The number of anilines is 1. The van der Waals surface area contributed by atoms with Crippen LogP contribution in [0.15, 0.2) is 89.2 Å². The normalized spacial score (nSPS) is 23.2. The van der Waals surface area contributed by atoms with Crippen molar-refractivity contribution in [2.24, 2.45) is 5.22 Å². The summed E-state index contributed by atoms with van der Waals surface area (Å²) < 4.78 is 2.62. The van der Waals surface area contributed by atoms with Crippen molar-refractivity contribution < 1.29 is 4.70 Å². The Morgan fingerprint density at radius 1 is 0.562 bits per heavy atom. The van der Waals surface area contributed by atoms with E-state index in [0.29, 0.717) is 23.7 Å². The van der Waals surface area contributed by atoms with Crippen molar-refractivity contribution in [3.63, 3.8) is 0 Å². The van der Waals surface area contributed by atoms with Crippen LogP contribution in [0, 0.1) is 0 Å². The fourth-order valence-corrected chi connectivity index (χ4v) is 10.9. The van der Waals surface area contributed by atoms with Gasteiger partial charge in [0, 0.05) is 33.4 Å². The van der Waals surface area contributed by atoms with Gasteiger partial charge in [0.2, 0.25) is 11.1 Å². The van der Waals surface area contributed by atoms with Crippen molar-refractivity contribution in [2.75, 3.05) is 5.01 Å². The second kappa shape index (κ2) is 9.26. The molecule has 10 rings (SSSR count). The van der Waals surface area contributed by atoms with Gasteiger partial charge in [0.1, 0.15) is 0 Å². The molecule has 48 heavy (non-hydrogen) atoms. The van der Waals surface area contributed by atoms with Crippen molar-refractivity contribution in [3.8, 4) is 11.1 Å². The summed E-state index contributed by atoms with van der Waals surface area (Å²) in [5.41, 5.74) is 22.4. The number of rotatable bonds is 6. The first-order chi connectivity index (χ1) is 23.1. The van der Waals surface area contributed by atoms with E-state index in [1.807, 2.05) is 0 Å². The zero-order valence-corrected chi connectivity index (χ0v) is 29.7. The van der Waals surface area contributed by atoms with Crippen LogP contribution >= 0.6 is 0 Å². The van der Waals surface area contributed by atoms with Crippen LogP contribution in [0.3, 0.4) is 0 Å². The van der Waals surface area contributed by atoms with E-state index in [2.05, 4.69) is 138 Å². The van der Waals surface area contributed by atoms with Gasteiger partial charge in [-0.2, -0.15) is 0 Å². The molecule has 0 N–H and O–H groups in total. The molecule has 4 aromatic rings. The molecule has 0 bridgehead atoms. The minimum Gasteiger partial charge on any atom is -0.113 e. The van der Waals surface area contributed by atoms with Gasteiger partial charge < -0.3 is 0 Å². The number of allylic oxidation sites excluding steroid dienone is 2. The fourth-order valence-electron chi connectivity index (χ4n) is 10.9. The van der Waals surface area contributed by atoms with Crippen LogP contribution < -0.4 is 5.01 Å². The summed E-state index contributed by atoms with van der Waals surface area (Å²) in [6.45, 7) is 18.9. The molecular formula is C45H46N3+. The van der Waals surface area contributed by atoms with Crippen LogP contribution in [0.4, 0.5) is 11.4 Å². The standard InChI is InChI=1S/C45H46N3/c1-24(2)34-11-9-12-35(25(3)4)42(34)47-44-32-19-20-33-23-31-18-16-29-21-28-15-17-30(22-32)40(44)38(28)39(29)41(31)45(33,44)48(46-47)43-36(26(5)6)13-10-14-37(43)27(7)8/h9-20,24-27H,21-23H2,1-8H3/q+1/t44-,45+. The average Bonchev–Trinajstić information content (AvgIpc) is 3.79. The van der Waals surface area contributed by atoms with E-state index in [-0.39, 0.29) is 0 Å². The van der Waals surface area contributed by atoms with Gasteiger partial charge in [0.15, 0.2) is 11.4 Å². The minimum absolute atomic E-state index is 0.360. The van der Waals surface area contributed by atoms with Gasteiger partial charge in [-0.3, -0.25) is 0 Å². The Morgan fingerprint density at radius 2 is 1.04 bits per heavy atom. The lowest BCUT2D eigenvalue weighted by molar-refractivity contribution is -0.586. The molecule has 3 nitrogen and oxygen atoms in total. The number of benzene rings is 4. The van der Waals surface area contributed by atoms with E-state index >= 15 is 0 Å². The van der Waals surface area contributed by atoms with E-state index in [0.717, 1.165) is 19.3 Å². The van der Waals surface area contributed by atoms with Gasteiger partial charge in [-0.15, -0.1) is 9.71 Å². The van der Waals surface area contributed by atoms with Crippen molar-refractivity contribution in [3.05, 3.63) is 140 Å². The molecule has 0 amide bonds.